The van der Waals surface area contributed by atoms with Gasteiger partial charge in [-0.05, 0) is 50.7 Å². The van der Waals surface area contributed by atoms with Gasteiger partial charge in [0.2, 0.25) is 0 Å². The van der Waals surface area contributed by atoms with Crippen LogP contribution in [0.1, 0.15) is 44.6 Å². The van der Waals surface area contributed by atoms with Crippen molar-refractivity contribution in [1.29, 1.82) is 0 Å². The molecule has 22 heavy (non-hydrogen) atoms. The van der Waals surface area contributed by atoms with Gasteiger partial charge in [0.25, 0.3) is 10.0 Å². The number of amides is 2. The second kappa shape index (κ2) is 7.13. The number of nitrogens with one attached hydrogen (secondary N) is 2. The lowest BCUT2D eigenvalue weighted by Gasteiger charge is -2.28. The third kappa shape index (κ3) is 4.47. The molecule has 0 spiro atoms. The monoisotopic (exact) mass is 324 g/mol. The van der Waals surface area contributed by atoms with Crippen molar-refractivity contribution in [2.24, 2.45) is 5.92 Å². The summed E-state index contributed by atoms with van der Waals surface area (Å²) < 4.78 is 26.3. The zero-order valence-corrected chi connectivity index (χ0v) is 13.9. The first-order valence-electron chi connectivity index (χ1n) is 7.80. The minimum atomic E-state index is -3.80. The van der Waals surface area contributed by atoms with Gasteiger partial charge in [-0.2, -0.15) is 0 Å². The fourth-order valence-electron chi connectivity index (χ4n) is 2.83. The molecule has 2 rings (SSSR count). The fraction of sp³-hybridized carbons (Fsp3) is 0.562. The van der Waals surface area contributed by atoms with Crippen LogP contribution in [0, 0.1) is 12.8 Å². The van der Waals surface area contributed by atoms with Crippen LogP contribution in [0.5, 0.6) is 0 Å². The number of rotatable bonds is 4. The lowest BCUT2D eigenvalue weighted by atomic mass is 9.85. The van der Waals surface area contributed by atoms with Crippen molar-refractivity contribution in [1.82, 2.24) is 10.0 Å². The predicted molar refractivity (Wildman–Crippen MR) is 86.1 cm³/mol. The van der Waals surface area contributed by atoms with Crippen LogP contribution in [0.2, 0.25) is 0 Å². The first-order chi connectivity index (χ1) is 10.4. The van der Waals surface area contributed by atoms with Crippen LogP contribution in [0.15, 0.2) is 29.2 Å². The summed E-state index contributed by atoms with van der Waals surface area (Å²) >= 11 is 0. The molecular formula is C16H24N2O3S. The van der Waals surface area contributed by atoms with Gasteiger partial charge in [0.15, 0.2) is 0 Å². The van der Waals surface area contributed by atoms with Crippen molar-refractivity contribution in [3.63, 3.8) is 0 Å². The molecule has 6 heteroatoms. The van der Waals surface area contributed by atoms with E-state index < -0.39 is 16.1 Å². The predicted octanol–water partition coefficient (Wildman–Crippen LogP) is 2.95. The molecule has 2 N–H and O–H groups in total. The number of aryl methyl sites for hydroxylation is 1. The van der Waals surface area contributed by atoms with Crippen molar-refractivity contribution in [3.05, 3.63) is 29.8 Å². The maximum absolute atomic E-state index is 12.1. The van der Waals surface area contributed by atoms with Gasteiger partial charge in [-0.25, -0.2) is 17.9 Å². The Morgan fingerprint density at radius 1 is 1.14 bits per heavy atom. The molecule has 0 saturated heterocycles. The van der Waals surface area contributed by atoms with Crippen LogP contribution in [0.4, 0.5) is 4.79 Å². The minimum Gasteiger partial charge on any atom is -0.335 e. The van der Waals surface area contributed by atoms with E-state index in [-0.39, 0.29) is 10.9 Å². The van der Waals surface area contributed by atoms with E-state index in [9.17, 15) is 13.2 Å². The number of benzene rings is 1. The molecule has 1 saturated carbocycles. The van der Waals surface area contributed by atoms with Crippen molar-refractivity contribution < 1.29 is 13.2 Å². The average Bonchev–Trinajstić information content (AvgIpc) is 2.48. The van der Waals surface area contributed by atoms with E-state index >= 15 is 0 Å². The van der Waals surface area contributed by atoms with Crippen LogP contribution in [-0.2, 0) is 10.0 Å². The number of carbonyl (C=O) groups is 1. The normalized spacial score (nSPS) is 22.1. The van der Waals surface area contributed by atoms with Crippen LogP contribution in [0.3, 0.4) is 0 Å². The first kappa shape index (κ1) is 16.8. The minimum absolute atomic E-state index is 0.0658. The Balaban J connectivity index is 1.90. The molecule has 122 valence electrons. The third-order valence-corrected chi connectivity index (χ3v) is 5.66. The fourth-order valence-corrected chi connectivity index (χ4v) is 3.74. The standard InChI is InChI=1S/C16H24N2O3S/c1-3-13-6-8-14(9-7-13)17-16(19)18-22(20,21)15-10-4-12(2)5-11-15/h4-5,10-11,13-14H,3,6-9H2,1-2H3,(H2,17,18,19). The van der Waals surface area contributed by atoms with Crippen molar-refractivity contribution in [2.45, 2.75) is 56.9 Å². The molecule has 0 heterocycles. The molecule has 1 aliphatic carbocycles. The molecular weight excluding hydrogens is 300 g/mol. The van der Waals surface area contributed by atoms with Gasteiger partial charge in [-0.3, -0.25) is 0 Å². The highest BCUT2D eigenvalue weighted by Gasteiger charge is 2.23. The Morgan fingerprint density at radius 3 is 2.27 bits per heavy atom. The van der Waals surface area contributed by atoms with Gasteiger partial charge in [-0.1, -0.05) is 31.0 Å². The molecule has 1 aromatic rings. The van der Waals surface area contributed by atoms with Gasteiger partial charge < -0.3 is 5.32 Å². The number of sulfonamides is 1. The maximum Gasteiger partial charge on any atom is 0.328 e. The van der Waals surface area contributed by atoms with Crippen LogP contribution < -0.4 is 10.0 Å². The molecule has 0 radical (unpaired) electrons. The molecule has 2 amide bonds. The maximum atomic E-state index is 12.1. The highest BCUT2D eigenvalue weighted by Crippen LogP contribution is 2.26. The van der Waals surface area contributed by atoms with E-state index in [2.05, 4.69) is 17.0 Å². The molecule has 1 aliphatic rings. The number of hydrogen-bond donors (Lipinski definition) is 2. The third-order valence-electron chi connectivity index (χ3n) is 4.32. The Kier molecular flexibility index (Phi) is 5.45. The Bertz CT molecular complexity index is 603. The highest BCUT2D eigenvalue weighted by molar-refractivity contribution is 7.90. The summed E-state index contributed by atoms with van der Waals surface area (Å²) in [7, 11) is -3.80. The van der Waals surface area contributed by atoms with E-state index in [0.717, 1.165) is 37.2 Å². The topological polar surface area (TPSA) is 75.3 Å². The molecule has 1 aromatic carbocycles. The Morgan fingerprint density at radius 2 is 1.73 bits per heavy atom. The lowest BCUT2D eigenvalue weighted by molar-refractivity contribution is 0.231. The summed E-state index contributed by atoms with van der Waals surface area (Å²) in [6, 6.07) is 5.84. The zero-order valence-electron chi connectivity index (χ0n) is 13.1. The van der Waals surface area contributed by atoms with E-state index in [1.165, 1.54) is 18.6 Å². The van der Waals surface area contributed by atoms with E-state index in [1.807, 2.05) is 6.92 Å². The molecule has 0 aromatic heterocycles. The highest BCUT2D eigenvalue weighted by atomic mass is 32.2. The Hall–Kier alpha value is -1.56. The zero-order chi connectivity index (χ0) is 16.2. The second-order valence-electron chi connectivity index (χ2n) is 6.02. The Labute approximate surface area is 132 Å². The van der Waals surface area contributed by atoms with Gasteiger partial charge >= 0.3 is 6.03 Å². The molecule has 0 unspecified atom stereocenters. The number of hydrogen-bond acceptors (Lipinski definition) is 3. The van der Waals surface area contributed by atoms with E-state index in [0.29, 0.717) is 0 Å². The second-order valence-corrected chi connectivity index (χ2v) is 7.70. The summed E-state index contributed by atoms with van der Waals surface area (Å²) in [5, 5.41) is 2.77. The first-order valence-corrected chi connectivity index (χ1v) is 9.29. The summed E-state index contributed by atoms with van der Waals surface area (Å²) in [4.78, 5) is 12.0. The molecule has 0 aliphatic heterocycles. The lowest BCUT2D eigenvalue weighted by Crippen LogP contribution is -2.45. The van der Waals surface area contributed by atoms with Gasteiger partial charge in [0, 0.05) is 6.04 Å². The summed E-state index contributed by atoms with van der Waals surface area (Å²) in [6.07, 6.45) is 5.17. The van der Waals surface area contributed by atoms with Gasteiger partial charge in [0.05, 0.1) is 4.90 Å². The van der Waals surface area contributed by atoms with E-state index in [1.54, 1.807) is 12.1 Å². The van der Waals surface area contributed by atoms with Crippen LogP contribution in [-0.4, -0.2) is 20.5 Å². The van der Waals surface area contributed by atoms with E-state index in [4.69, 9.17) is 0 Å². The van der Waals surface area contributed by atoms with Crippen molar-refractivity contribution >= 4 is 16.1 Å². The van der Waals surface area contributed by atoms with Gasteiger partial charge in [0.1, 0.15) is 0 Å². The van der Waals surface area contributed by atoms with Crippen molar-refractivity contribution in [3.8, 4) is 0 Å². The largest absolute Gasteiger partial charge is 0.335 e. The summed E-state index contributed by atoms with van der Waals surface area (Å²) in [6.45, 7) is 4.06. The summed E-state index contributed by atoms with van der Waals surface area (Å²) in [5.74, 6) is 0.734. The van der Waals surface area contributed by atoms with Crippen LogP contribution in [0.25, 0.3) is 0 Å². The SMILES string of the molecule is CCC1CCC(NC(=O)NS(=O)(=O)c2ccc(C)cc2)CC1. The number of urea groups is 1. The molecule has 1 fully saturated rings. The van der Waals surface area contributed by atoms with Crippen molar-refractivity contribution in [2.75, 3.05) is 0 Å². The van der Waals surface area contributed by atoms with Gasteiger partial charge in [-0.15, -0.1) is 0 Å². The smallest absolute Gasteiger partial charge is 0.328 e. The summed E-state index contributed by atoms with van der Waals surface area (Å²) in [5.41, 5.74) is 0.969. The molecule has 0 bridgehead atoms. The molecule has 5 nitrogen and oxygen atoms in total. The van der Waals surface area contributed by atoms with Crippen LogP contribution >= 0.6 is 0 Å². The quantitative estimate of drug-likeness (QED) is 0.894. The average molecular weight is 324 g/mol. The molecule has 0 atom stereocenters. The number of carbonyl (C=O) groups excluding carboxylic acids is 1.